The van der Waals surface area contributed by atoms with Gasteiger partial charge in [-0.25, -0.2) is 0 Å². The minimum Gasteiger partial charge on any atom is -0.463 e. The summed E-state index contributed by atoms with van der Waals surface area (Å²) in [7, 11) is 1.59. The molecule has 0 heterocycles. The van der Waals surface area contributed by atoms with E-state index in [9.17, 15) is 4.79 Å². The molecule has 1 atom stereocenters. The van der Waals surface area contributed by atoms with E-state index < -0.39 is 0 Å². The fourth-order valence-electron chi connectivity index (χ4n) is 1.33. The van der Waals surface area contributed by atoms with Crippen molar-refractivity contribution in [3.63, 3.8) is 0 Å². The second kappa shape index (κ2) is 9.62. The van der Waals surface area contributed by atoms with Crippen LogP contribution in [0.5, 0.6) is 0 Å². The number of benzene rings is 1. The SMILES string of the molecule is C.COCC(COC(C)=O)OCc1ccccc1. The summed E-state index contributed by atoms with van der Waals surface area (Å²) in [6.07, 6.45) is -0.232. The molecule has 0 aliphatic carbocycles. The standard InChI is InChI=1S/C13H18O4.CH4/c1-11(14)16-10-13(9-15-2)17-8-12-6-4-3-5-7-12;/h3-7,13H,8-10H2,1-2H3;1H4. The van der Waals surface area contributed by atoms with Gasteiger partial charge < -0.3 is 14.2 Å². The summed E-state index contributed by atoms with van der Waals surface area (Å²) in [6.45, 7) is 2.48. The third-order valence-electron chi connectivity index (χ3n) is 2.15. The Bertz CT molecular complexity index is 324. The normalized spacial score (nSPS) is 11.4. The highest BCUT2D eigenvalue weighted by atomic mass is 16.6. The van der Waals surface area contributed by atoms with Crippen LogP contribution >= 0.6 is 0 Å². The Morgan fingerprint density at radius 1 is 1.22 bits per heavy atom. The van der Waals surface area contributed by atoms with Crippen molar-refractivity contribution >= 4 is 5.97 Å². The predicted octanol–water partition coefficient (Wildman–Crippen LogP) is 2.42. The first-order valence-electron chi connectivity index (χ1n) is 5.50. The smallest absolute Gasteiger partial charge is 0.302 e. The molecule has 0 amide bonds. The third kappa shape index (κ3) is 7.04. The quantitative estimate of drug-likeness (QED) is 0.701. The molecule has 4 nitrogen and oxygen atoms in total. The summed E-state index contributed by atoms with van der Waals surface area (Å²) in [5.41, 5.74) is 1.08. The van der Waals surface area contributed by atoms with Crippen LogP contribution in [0.1, 0.15) is 19.9 Å². The minimum atomic E-state index is -0.311. The first-order chi connectivity index (χ1) is 8.22. The number of esters is 1. The van der Waals surface area contributed by atoms with E-state index in [0.29, 0.717) is 13.2 Å². The predicted molar refractivity (Wildman–Crippen MR) is 70.3 cm³/mol. The van der Waals surface area contributed by atoms with Gasteiger partial charge in [-0.15, -0.1) is 0 Å². The maximum absolute atomic E-state index is 10.7. The van der Waals surface area contributed by atoms with Gasteiger partial charge in [0.15, 0.2) is 0 Å². The Balaban J connectivity index is 0.00000289. The van der Waals surface area contributed by atoms with E-state index in [1.165, 1.54) is 6.92 Å². The number of carbonyl (C=O) groups excluding carboxylic acids is 1. The molecule has 1 aromatic carbocycles. The van der Waals surface area contributed by atoms with E-state index in [1.54, 1.807) is 7.11 Å². The lowest BCUT2D eigenvalue weighted by molar-refractivity contribution is -0.147. The largest absolute Gasteiger partial charge is 0.463 e. The highest BCUT2D eigenvalue weighted by molar-refractivity contribution is 5.65. The van der Waals surface area contributed by atoms with Gasteiger partial charge in [0.25, 0.3) is 0 Å². The Morgan fingerprint density at radius 3 is 2.44 bits per heavy atom. The zero-order valence-corrected chi connectivity index (χ0v) is 10.2. The van der Waals surface area contributed by atoms with Crippen molar-refractivity contribution in [1.29, 1.82) is 0 Å². The van der Waals surface area contributed by atoms with Crippen LogP contribution in [0.3, 0.4) is 0 Å². The lowest BCUT2D eigenvalue weighted by Gasteiger charge is -2.16. The second-order valence-electron chi connectivity index (χ2n) is 3.68. The molecule has 0 aromatic heterocycles. The van der Waals surface area contributed by atoms with Gasteiger partial charge in [-0.2, -0.15) is 0 Å². The molecular weight excluding hydrogens is 232 g/mol. The summed E-state index contributed by atoms with van der Waals surface area (Å²) < 4.78 is 15.5. The molecule has 1 unspecified atom stereocenters. The van der Waals surface area contributed by atoms with Crippen LogP contribution in [0, 0.1) is 0 Å². The minimum absolute atomic E-state index is 0. The van der Waals surface area contributed by atoms with E-state index in [0.717, 1.165) is 5.56 Å². The molecule has 1 rings (SSSR count). The highest BCUT2D eigenvalue weighted by Gasteiger charge is 2.10. The van der Waals surface area contributed by atoms with Crippen molar-refractivity contribution in [3.8, 4) is 0 Å². The van der Waals surface area contributed by atoms with Gasteiger partial charge in [-0.05, 0) is 5.56 Å². The van der Waals surface area contributed by atoms with Gasteiger partial charge >= 0.3 is 5.97 Å². The molecule has 18 heavy (non-hydrogen) atoms. The molecule has 0 aliphatic heterocycles. The zero-order valence-electron chi connectivity index (χ0n) is 10.2. The summed E-state index contributed by atoms with van der Waals surface area (Å²) in [5, 5.41) is 0. The van der Waals surface area contributed by atoms with Crippen LogP contribution in [0.15, 0.2) is 30.3 Å². The number of hydrogen-bond acceptors (Lipinski definition) is 4. The Morgan fingerprint density at radius 2 is 1.89 bits per heavy atom. The van der Waals surface area contributed by atoms with Gasteiger partial charge in [0, 0.05) is 14.0 Å². The van der Waals surface area contributed by atoms with Crippen LogP contribution in [-0.2, 0) is 25.6 Å². The van der Waals surface area contributed by atoms with Crippen LogP contribution in [0.4, 0.5) is 0 Å². The third-order valence-corrected chi connectivity index (χ3v) is 2.15. The second-order valence-corrected chi connectivity index (χ2v) is 3.68. The Hall–Kier alpha value is -1.39. The molecule has 0 saturated carbocycles. The first-order valence-corrected chi connectivity index (χ1v) is 5.50. The molecule has 102 valence electrons. The maximum Gasteiger partial charge on any atom is 0.302 e. The topological polar surface area (TPSA) is 44.8 Å². The van der Waals surface area contributed by atoms with Crippen molar-refractivity contribution in [1.82, 2.24) is 0 Å². The maximum atomic E-state index is 10.7. The Labute approximate surface area is 109 Å². The van der Waals surface area contributed by atoms with Gasteiger partial charge in [-0.3, -0.25) is 4.79 Å². The molecule has 4 heteroatoms. The lowest BCUT2D eigenvalue weighted by atomic mass is 10.2. The van der Waals surface area contributed by atoms with Gasteiger partial charge in [0.05, 0.1) is 13.2 Å². The van der Waals surface area contributed by atoms with Crippen LogP contribution in [0.25, 0.3) is 0 Å². The molecule has 0 bridgehead atoms. The molecular formula is C14H22O4. The molecule has 0 aliphatic rings. The van der Waals surface area contributed by atoms with Crippen LogP contribution < -0.4 is 0 Å². The summed E-state index contributed by atoms with van der Waals surface area (Å²) >= 11 is 0. The Kier molecular flexibility index (Phi) is 8.88. The van der Waals surface area contributed by atoms with Gasteiger partial charge in [0.2, 0.25) is 0 Å². The van der Waals surface area contributed by atoms with Crippen LogP contribution in [-0.4, -0.2) is 32.4 Å². The summed E-state index contributed by atoms with van der Waals surface area (Å²) in [6, 6.07) is 9.83. The first kappa shape index (κ1) is 16.6. The molecule has 0 spiro atoms. The fourth-order valence-corrected chi connectivity index (χ4v) is 1.33. The van der Waals surface area contributed by atoms with Gasteiger partial charge in [-0.1, -0.05) is 37.8 Å². The number of carbonyl (C=O) groups is 1. The number of hydrogen-bond donors (Lipinski definition) is 0. The zero-order chi connectivity index (χ0) is 12.5. The average Bonchev–Trinajstić information content (AvgIpc) is 2.34. The van der Waals surface area contributed by atoms with Gasteiger partial charge in [0.1, 0.15) is 12.7 Å². The lowest BCUT2D eigenvalue weighted by Crippen LogP contribution is -2.26. The fraction of sp³-hybridized carbons (Fsp3) is 0.500. The van der Waals surface area contributed by atoms with Crippen molar-refractivity contribution in [2.45, 2.75) is 27.1 Å². The monoisotopic (exact) mass is 254 g/mol. The van der Waals surface area contributed by atoms with E-state index in [-0.39, 0.29) is 26.1 Å². The van der Waals surface area contributed by atoms with E-state index in [4.69, 9.17) is 14.2 Å². The van der Waals surface area contributed by atoms with E-state index in [2.05, 4.69) is 0 Å². The van der Waals surface area contributed by atoms with E-state index in [1.807, 2.05) is 30.3 Å². The van der Waals surface area contributed by atoms with E-state index >= 15 is 0 Å². The molecule has 0 fully saturated rings. The highest BCUT2D eigenvalue weighted by Crippen LogP contribution is 2.04. The molecule has 0 radical (unpaired) electrons. The average molecular weight is 254 g/mol. The van der Waals surface area contributed by atoms with Crippen LogP contribution in [0.2, 0.25) is 0 Å². The summed E-state index contributed by atoms with van der Waals surface area (Å²) in [4.78, 5) is 10.7. The van der Waals surface area contributed by atoms with Crippen molar-refractivity contribution in [2.75, 3.05) is 20.3 Å². The van der Waals surface area contributed by atoms with Crippen molar-refractivity contribution in [2.24, 2.45) is 0 Å². The number of methoxy groups -OCH3 is 1. The van der Waals surface area contributed by atoms with Crippen molar-refractivity contribution in [3.05, 3.63) is 35.9 Å². The van der Waals surface area contributed by atoms with Crippen molar-refractivity contribution < 1.29 is 19.0 Å². The molecule has 0 N–H and O–H groups in total. The molecule has 0 saturated heterocycles. The summed E-state index contributed by atoms with van der Waals surface area (Å²) in [5.74, 6) is -0.311. The molecule has 1 aromatic rings. The number of rotatable bonds is 7. The number of ether oxygens (including phenoxy) is 3.